The van der Waals surface area contributed by atoms with Gasteiger partial charge in [0.1, 0.15) is 0 Å². The van der Waals surface area contributed by atoms with E-state index < -0.39 is 0 Å². The topological polar surface area (TPSA) is 24.9 Å². The van der Waals surface area contributed by atoms with Crippen LogP contribution in [0.1, 0.15) is 16.8 Å². The van der Waals surface area contributed by atoms with E-state index in [1.807, 2.05) is 24.4 Å². The number of thiazole rings is 1. The Labute approximate surface area is 118 Å². The zero-order valence-electron chi connectivity index (χ0n) is 9.34. The highest BCUT2D eigenvalue weighted by atomic mass is 79.9. The van der Waals surface area contributed by atoms with Crippen molar-refractivity contribution in [1.29, 1.82) is 0 Å². The van der Waals surface area contributed by atoms with Crippen molar-refractivity contribution in [1.82, 2.24) is 4.98 Å². The minimum Gasteiger partial charge on any atom is -0.379 e. The van der Waals surface area contributed by atoms with Crippen molar-refractivity contribution in [3.05, 3.63) is 43.8 Å². The van der Waals surface area contributed by atoms with Crippen molar-refractivity contribution in [3.8, 4) is 0 Å². The molecule has 0 aliphatic carbocycles. The number of aryl methyl sites for hydroxylation is 1. The van der Waals surface area contributed by atoms with E-state index in [1.54, 1.807) is 11.3 Å². The van der Waals surface area contributed by atoms with E-state index in [0.29, 0.717) is 5.02 Å². The molecule has 0 bridgehead atoms. The third-order valence-electron chi connectivity index (χ3n) is 2.31. The molecule has 0 fully saturated rings. The first-order valence-corrected chi connectivity index (χ1v) is 7.31. The first-order valence-electron chi connectivity index (χ1n) is 5.32. The van der Waals surface area contributed by atoms with E-state index in [4.69, 9.17) is 11.6 Å². The number of aromatic nitrogens is 1. The highest BCUT2D eigenvalue weighted by Crippen LogP contribution is 2.30. The molecule has 5 heteroatoms. The normalized spacial score (nSPS) is 10.5. The van der Waals surface area contributed by atoms with Gasteiger partial charge < -0.3 is 5.32 Å². The Bertz CT molecular complexity index is 513. The molecular formula is C12H12BrClN2S. The number of nitrogens with zero attached hydrogens (tertiary/aromatic N) is 1. The molecule has 90 valence electrons. The Morgan fingerprint density at radius 3 is 3.00 bits per heavy atom. The molecule has 0 saturated carbocycles. The molecule has 1 heterocycles. The fraction of sp³-hybridized carbons (Fsp3) is 0.250. The summed E-state index contributed by atoms with van der Waals surface area (Å²) in [5.74, 6) is 0. The summed E-state index contributed by atoms with van der Waals surface area (Å²) >= 11 is 11.2. The van der Waals surface area contributed by atoms with Crippen LogP contribution in [0, 0.1) is 0 Å². The molecule has 1 N–H and O–H groups in total. The van der Waals surface area contributed by atoms with Gasteiger partial charge in [0.15, 0.2) is 0 Å². The van der Waals surface area contributed by atoms with Gasteiger partial charge in [0.2, 0.25) is 0 Å². The molecule has 17 heavy (non-hydrogen) atoms. The van der Waals surface area contributed by atoms with Gasteiger partial charge in [-0.25, -0.2) is 4.98 Å². The van der Waals surface area contributed by atoms with Crippen molar-refractivity contribution in [2.24, 2.45) is 0 Å². The van der Waals surface area contributed by atoms with Crippen LogP contribution in [0.3, 0.4) is 0 Å². The second-order valence-electron chi connectivity index (χ2n) is 3.53. The molecule has 0 amide bonds. The monoisotopic (exact) mass is 330 g/mol. The van der Waals surface area contributed by atoms with Crippen LogP contribution in [0.2, 0.25) is 5.02 Å². The van der Waals surface area contributed by atoms with Crippen LogP contribution in [-0.2, 0) is 13.0 Å². The van der Waals surface area contributed by atoms with Crippen LogP contribution in [-0.4, -0.2) is 4.98 Å². The molecule has 0 unspecified atom stereocenters. The van der Waals surface area contributed by atoms with E-state index in [9.17, 15) is 0 Å². The maximum absolute atomic E-state index is 6.03. The summed E-state index contributed by atoms with van der Waals surface area (Å²) in [6.45, 7) is 2.89. The third kappa shape index (κ3) is 3.21. The second-order valence-corrected chi connectivity index (χ2v) is 5.93. The van der Waals surface area contributed by atoms with Crippen molar-refractivity contribution < 1.29 is 0 Å². The van der Waals surface area contributed by atoms with Crippen molar-refractivity contribution >= 4 is 44.6 Å². The van der Waals surface area contributed by atoms with Crippen molar-refractivity contribution in [2.45, 2.75) is 19.9 Å². The predicted octanol–water partition coefficient (Wildman–Crippen LogP) is 4.73. The highest BCUT2D eigenvalue weighted by Gasteiger charge is 2.04. The first kappa shape index (κ1) is 12.9. The zero-order chi connectivity index (χ0) is 12.3. The van der Waals surface area contributed by atoms with Gasteiger partial charge in [-0.1, -0.05) is 24.6 Å². The summed E-state index contributed by atoms with van der Waals surface area (Å²) in [5, 5.41) is 5.24. The van der Waals surface area contributed by atoms with Crippen LogP contribution in [0.15, 0.2) is 28.9 Å². The fourth-order valence-electron chi connectivity index (χ4n) is 1.42. The largest absolute Gasteiger partial charge is 0.379 e. The van der Waals surface area contributed by atoms with E-state index in [2.05, 4.69) is 33.2 Å². The summed E-state index contributed by atoms with van der Waals surface area (Å²) in [6, 6.07) is 5.79. The van der Waals surface area contributed by atoms with E-state index in [0.717, 1.165) is 23.1 Å². The van der Waals surface area contributed by atoms with Gasteiger partial charge in [-0.3, -0.25) is 0 Å². The second kappa shape index (κ2) is 5.85. The van der Waals surface area contributed by atoms with Gasteiger partial charge >= 0.3 is 0 Å². The average Bonchev–Trinajstić information content (AvgIpc) is 2.79. The van der Waals surface area contributed by atoms with Crippen molar-refractivity contribution in [2.75, 3.05) is 5.32 Å². The molecule has 0 aliphatic rings. The maximum atomic E-state index is 6.03. The lowest BCUT2D eigenvalue weighted by Gasteiger charge is -2.07. The van der Waals surface area contributed by atoms with E-state index >= 15 is 0 Å². The Morgan fingerprint density at radius 2 is 2.29 bits per heavy atom. The quantitative estimate of drug-likeness (QED) is 0.875. The Morgan fingerprint density at radius 1 is 1.47 bits per heavy atom. The third-order valence-corrected chi connectivity index (χ3v) is 4.85. The summed E-state index contributed by atoms with van der Waals surface area (Å²) in [4.78, 5) is 5.56. The van der Waals surface area contributed by atoms with Gasteiger partial charge in [0, 0.05) is 11.1 Å². The van der Waals surface area contributed by atoms with Gasteiger partial charge in [-0.05, 0) is 34.5 Å². The minimum absolute atomic E-state index is 0.716. The molecule has 1 aromatic heterocycles. The summed E-state index contributed by atoms with van der Waals surface area (Å²) in [6.07, 6.45) is 2.92. The van der Waals surface area contributed by atoms with Gasteiger partial charge in [0.05, 0.1) is 26.7 Å². The molecule has 0 atom stereocenters. The molecule has 0 spiro atoms. The number of hydrogen-bond acceptors (Lipinski definition) is 3. The molecule has 0 aliphatic heterocycles. The van der Waals surface area contributed by atoms with Crippen LogP contribution in [0.25, 0.3) is 0 Å². The minimum atomic E-state index is 0.716. The lowest BCUT2D eigenvalue weighted by Crippen LogP contribution is -1.98. The fourth-order valence-corrected chi connectivity index (χ4v) is 2.80. The average molecular weight is 332 g/mol. The zero-order valence-corrected chi connectivity index (χ0v) is 12.5. The molecule has 1 aromatic carbocycles. The van der Waals surface area contributed by atoms with E-state index in [-0.39, 0.29) is 0 Å². The van der Waals surface area contributed by atoms with Crippen LogP contribution >= 0.6 is 38.9 Å². The van der Waals surface area contributed by atoms with Crippen LogP contribution in [0.5, 0.6) is 0 Å². The van der Waals surface area contributed by atoms with Crippen LogP contribution < -0.4 is 5.32 Å². The molecule has 2 nitrogen and oxygen atoms in total. The van der Waals surface area contributed by atoms with Gasteiger partial charge in [0.25, 0.3) is 0 Å². The number of rotatable bonds is 4. The molecule has 0 saturated heterocycles. The molecule has 2 rings (SSSR count). The van der Waals surface area contributed by atoms with Crippen LogP contribution in [0.4, 0.5) is 5.69 Å². The van der Waals surface area contributed by atoms with E-state index in [1.165, 1.54) is 9.88 Å². The molecule has 2 aromatic rings. The summed E-state index contributed by atoms with van der Waals surface area (Å²) < 4.78 is 0.905. The predicted molar refractivity (Wildman–Crippen MR) is 78.0 cm³/mol. The Kier molecular flexibility index (Phi) is 4.42. The Balaban J connectivity index is 2.04. The lowest BCUT2D eigenvalue weighted by atomic mass is 10.3. The number of nitrogens with one attached hydrogen (secondary N) is 1. The molecular weight excluding hydrogens is 320 g/mol. The standard InChI is InChI=1S/C12H12BrClN2S/c1-2-11-16-7-8(17-11)6-15-10-5-3-4-9(14)12(10)13/h3-5,7,15H,2,6H2,1H3. The maximum Gasteiger partial charge on any atom is 0.0925 e. The lowest BCUT2D eigenvalue weighted by molar-refractivity contribution is 1.09. The number of anilines is 1. The summed E-state index contributed by atoms with van der Waals surface area (Å²) in [5.41, 5.74) is 1.00. The number of halogens is 2. The van der Waals surface area contributed by atoms with Crippen molar-refractivity contribution in [3.63, 3.8) is 0 Å². The number of hydrogen-bond donors (Lipinski definition) is 1. The number of benzene rings is 1. The van der Waals surface area contributed by atoms with Gasteiger partial charge in [-0.15, -0.1) is 11.3 Å². The van der Waals surface area contributed by atoms with Gasteiger partial charge in [-0.2, -0.15) is 0 Å². The SMILES string of the molecule is CCc1ncc(CNc2cccc(Cl)c2Br)s1. The summed E-state index contributed by atoms with van der Waals surface area (Å²) in [7, 11) is 0. The Hall–Kier alpha value is -0.580. The first-order chi connectivity index (χ1) is 8.20. The highest BCUT2D eigenvalue weighted by molar-refractivity contribution is 9.10. The molecule has 0 radical (unpaired) electrons. The smallest absolute Gasteiger partial charge is 0.0925 e.